The van der Waals surface area contributed by atoms with E-state index in [1.807, 2.05) is 0 Å². The van der Waals surface area contributed by atoms with Gasteiger partial charge in [-0.1, -0.05) is 0 Å². The van der Waals surface area contributed by atoms with Crippen molar-refractivity contribution in [2.24, 2.45) is 5.28 Å². The number of rotatable bonds is 10. The van der Waals surface area contributed by atoms with Crippen LogP contribution in [0.2, 0.25) is 0 Å². The Morgan fingerprint density at radius 1 is 1.32 bits per heavy atom. The summed E-state index contributed by atoms with van der Waals surface area (Å²) in [5.74, 6) is -3.06. The first-order valence-electron chi connectivity index (χ1n) is 7.41. The molecule has 0 fully saturated rings. The highest BCUT2D eigenvalue weighted by Crippen LogP contribution is 2.13. The first-order chi connectivity index (χ1) is 12.7. The Kier molecular flexibility index (Phi) is 9.62. The SMILES string of the molecule is CC(C)(C)OC(=O)N(OCC(=O)O)C(=O)C(NS(C)(=O)=O)C(O)CON=[N+]=[N-]. The molecular formula is C12H21N5O10S. The molecule has 0 aliphatic rings. The summed E-state index contributed by atoms with van der Waals surface area (Å²) in [6, 6.07) is -2.06. The third kappa shape index (κ3) is 10.5. The molecule has 2 atom stereocenters. The molecule has 16 heteroatoms. The van der Waals surface area contributed by atoms with Crippen LogP contribution in [0.1, 0.15) is 20.8 Å². The lowest BCUT2D eigenvalue weighted by Gasteiger charge is -2.29. The highest BCUT2D eigenvalue weighted by Gasteiger charge is 2.39. The van der Waals surface area contributed by atoms with E-state index in [1.54, 1.807) is 4.72 Å². The van der Waals surface area contributed by atoms with Crippen molar-refractivity contribution < 1.29 is 47.4 Å². The molecular weight excluding hydrogens is 406 g/mol. The average molecular weight is 427 g/mol. The molecule has 15 nitrogen and oxygen atoms in total. The number of carbonyl (C=O) groups excluding carboxylic acids is 2. The van der Waals surface area contributed by atoms with Gasteiger partial charge in [0, 0.05) is 4.91 Å². The molecule has 160 valence electrons. The monoisotopic (exact) mass is 427 g/mol. The van der Waals surface area contributed by atoms with E-state index in [2.05, 4.69) is 19.9 Å². The second-order valence-electron chi connectivity index (χ2n) is 6.18. The van der Waals surface area contributed by atoms with Gasteiger partial charge in [0.05, 0.1) is 6.26 Å². The molecule has 28 heavy (non-hydrogen) atoms. The lowest BCUT2D eigenvalue weighted by Crippen LogP contribution is -2.57. The Labute approximate surface area is 159 Å². The van der Waals surface area contributed by atoms with E-state index in [9.17, 15) is 27.9 Å². The van der Waals surface area contributed by atoms with Crippen molar-refractivity contribution in [1.29, 1.82) is 0 Å². The van der Waals surface area contributed by atoms with Gasteiger partial charge < -0.3 is 19.8 Å². The van der Waals surface area contributed by atoms with Crippen LogP contribution in [-0.4, -0.2) is 78.9 Å². The number of imide groups is 1. The largest absolute Gasteiger partial charge is 0.479 e. The van der Waals surface area contributed by atoms with E-state index in [0.717, 1.165) is 0 Å². The van der Waals surface area contributed by atoms with Crippen molar-refractivity contribution >= 4 is 28.0 Å². The maximum Gasteiger partial charge on any atom is 0.442 e. The van der Waals surface area contributed by atoms with Crippen LogP contribution >= 0.6 is 0 Å². The third-order valence-electron chi connectivity index (χ3n) is 2.41. The van der Waals surface area contributed by atoms with Crippen LogP contribution in [0.4, 0.5) is 4.79 Å². The number of nitrogens with zero attached hydrogens (tertiary/aromatic N) is 4. The van der Waals surface area contributed by atoms with Gasteiger partial charge in [-0.3, -0.25) is 4.79 Å². The zero-order valence-corrected chi connectivity index (χ0v) is 16.2. The Balaban J connectivity index is 5.76. The second-order valence-corrected chi connectivity index (χ2v) is 7.96. The smallest absolute Gasteiger partial charge is 0.442 e. The summed E-state index contributed by atoms with van der Waals surface area (Å²) in [5, 5.41) is 21.2. The van der Waals surface area contributed by atoms with E-state index in [4.69, 9.17) is 15.4 Å². The molecule has 0 rings (SSSR count). The molecule has 0 saturated heterocycles. The molecule has 0 aromatic rings. The number of nitrogens with one attached hydrogen (secondary N) is 1. The minimum absolute atomic E-state index is 0.140. The number of azide groups is 1. The summed E-state index contributed by atoms with van der Waals surface area (Å²) in [5.41, 5.74) is 7.01. The van der Waals surface area contributed by atoms with Gasteiger partial charge in [-0.2, -0.15) is 0 Å². The van der Waals surface area contributed by atoms with E-state index < -0.39 is 59.0 Å². The van der Waals surface area contributed by atoms with Crippen LogP contribution in [0.5, 0.6) is 0 Å². The van der Waals surface area contributed by atoms with Gasteiger partial charge in [0.25, 0.3) is 5.91 Å². The van der Waals surface area contributed by atoms with Crippen LogP contribution in [0, 0.1) is 0 Å². The normalized spacial score (nSPS) is 13.6. The van der Waals surface area contributed by atoms with Crippen LogP contribution < -0.4 is 4.72 Å². The van der Waals surface area contributed by atoms with Crippen molar-refractivity contribution in [3.8, 4) is 0 Å². The molecule has 0 saturated carbocycles. The molecule has 0 heterocycles. The summed E-state index contributed by atoms with van der Waals surface area (Å²) >= 11 is 0. The van der Waals surface area contributed by atoms with Crippen molar-refractivity contribution in [2.45, 2.75) is 38.5 Å². The number of hydrogen-bond donors (Lipinski definition) is 3. The van der Waals surface area contributed by atoms with Gasteiger partial charge in [-0.05, 0) is 26.3 Å². The molecule has 0 bridgehead atoms. The van der Waals surface area contributed by atoms with Gasteiger partial charge in [0.15, 0.2) is 6.61 Å². The van der Waals surface area contributed by atoms with E-state index in [0.29, 0.717) is 6.26 Å². The van der Waals surface area contributed by atoms with E-state index >= 15 is 0 Å². The maximum atomic E-state index is 12.6. The summed E-state index contributed by atoms with van der Waals surface area (Å²) in [6.45, 7) is 2.34. The number of aliphatic hydroxyl groups excluding tert-OH is 1. The van der Waals surface area contributed by atoms with Gasteiger partial charge in [0.1, 0.15) is 29.6 Å². The molecule has 0 aliphatic carbocycles. The van der Waals surface area contributed by atoms with Gasteiger partial charge in [-0.15, -0.1) is 5.06 Å². The fourth-order valence-electron chi connectivity index (χ4n) is 1.51. The number of hydrogen-bond acceptors (Lipinski definition) is 10. The maximum absolute atomic E-state index is 12.6. The molecule has 0 aromatic heterocycles. The summed E-state index contributed by atoms with van der Waals surface area (Å²) < 4.78 is 29.7. The summed E-state index contributed by atoms with van der Waals surface area (Å²) in [4.78, 5) is 46.6. The number of amides is 2. The standard InChI is InChI=1S/C12H21N5O10S/c1-12(2,3)27-11(22)17(26-6-8(19)20)10(21)9(14-28(4,23)24)7(18)5-25-16-15-13/h7,9,14,18H,5-6H2,1-4H3,(H,19,20). The Bertz CT molecular complexity index is 728. The Morgan fingerprint density at radius 2 is 1.89 bits per heavy atom. The number of sulfonamides is 1. The predicted octanol–water partition coefficient (Wildman–Crippen LogP) is -0.713. The van der Waals surface area contributed by atoms with Crippen LogP contribution in [0.25, 0.3) is 10.4 Å². The molecule has 0 aliphatic heterocycles. The Morgan fingerprint density at radius 3 is 2.32 bits per heavy atom. The minimum Gasteiger partial charge on any atom is -0.479 e. The first kappa shape index (κ1) is 25.4. The number of carboxylic acids is 1. The molecule has 0 radical (unpaired) electrons. The van der Waals surface area contributed by atoms with E-state index in [-0.39, 0.29) is 5.06 Å². The number of aliphatic carboxylic acids is 1. The Hall–Kier alpha value is -2.65. The molecule has 3 N–H and O–H groups in total. The lowest BCUT2D eigenvalue weighted by atomic mass is 10.1. The fourth-order valence-corrected chi connectivity index (χ4v) is 2.23. The number of carbonyl (C=O) groups is 3. The second kappa shape index (κ2) is 10.6. The molecule has 0 aromatic carbocycles. The fraction of sp³-hybridized carbons (Fsp3) is 0.750. The zero-order valence-electron chi connectivity index (χ0n) is 15.4. The van der Waals surface area contributed by atoms with Crippen LogP contribution in [0.15, 0.2) is 5.28 Å². The third-order valence-corrected chi connectivity index (χ3v) is 3.09. The first-order valence-corrected chi connectivity index (χ1v) is 9.30. The summed E-state index contributed by atoms with van der Waals surface area (Å²) in [6.07, 6.45) is -2.75. The highest BCUT2D eigenvalue weighted by molar-refractivity contribution is 7.88. The minimum atomic E-state index is -4.11. The summed E-state index contributed by atoms with van der Waals surface area (Å²) in [7, 11) is -4.11. The van der Waals surface area contributed by atoms with Gasteiger partial charge in [0.2, 0.25) is 10.0 Å². The number of aliphatic hydroxyl groups is 1. The number of ether oxygens (including phenoxy) is 1. The van der Waals surface area contributed by atoms with E-state index in [1.165, 1.54) is 20.8 Å². The molecule has 2 unspecified atom stereocenters. The topological polar surface area (TPSA) is 218 Å². The zero-order chi connectivity index (χ0) is 22.1. The number of hydroxylamine groups is 2. The van der Waals surface area contributed by atoms with Crippen LogP contribution in [-0.2, 0) is 34.0 Å². The van der Waals surface area contributed by atoms with Crippen molar-refractivity contribution in [1.82, 2.24) is 9.79 Å². The van der Waals surface area contributed by atoms with Gasteiger partial charge in [-0.25, -0.2) is 27.6 Å². The molecule has 2 amide bonds. The lowest BCUT2D eigenvalue weighted by molar-refractivity contribution is -0.188. The quantitative estimate of drug-likeness (QED) is 0.172. The van der Waals surface area contributed by atoms with Crippen molar-refractivity contribution in [3.63, 3.8) is 0 Å². The van der Waals surface area contributed by atoms with Crippen molar-refractivity contribution in [2.75, 3.05) is 19.5 Å². The predicted molar refractivity (Wildman–Crippen MR) is 89.5 cm³/mol. The van der Waals surface area contributed by atoms with Gasteiger partial charge >= 0.3 is 12.1 Å². The van der Waals surface area contributed by atoms with Crippen LogP contribution in [0.3, 0.4) is 0 Å². The van der Waals surface area contributed by atoms with Crippen molar-refractivity contribution in [3.05, 3.63) is 10.4 Å². The highest BCUT2D eigenvalue weighted by atomic mass is 32.2. The number of carboxylic acid groups (broad SMARTS) is 1. The molecule has 0 spiro atoms. The average Bonchev–Trinajstić information content (AvgIpc) is 2.49.